The first-order valence-corrected chi connectivity index (χ1v) is 5.45. The molecule has 0 aliphatic heterocycles. The number of aromatic nitrogens is 1. The van der Waals surface area contributed by atoms with E-state index in [9.17, 15) is 0 Å². The number of hydrogen-bond donors (Lipinski definition) is 0. The topological polar surface area (TPSA) is 43.8 Å². The minimum absolute atomic E-state index is 0.786. The molecule has 0 radical (unpaired) electrons. The van der Waals surface area contributed by atoms with Gasteiger partial charge < -0.3 is 13.3 Å². The third-order valence-electron chi connectivity index (χ3n) is 3.49. The molecule has 0 unspecified atom stereocenters. The van der Waals surface area contributed by atoms with Crippen LogP contribution in [-0.2, 0) is 0 Å². The summed E-state index contributed by atoms with van der Waals surface area (Å²) in [7, 11) is 0. The molecule has 4 heteroatoms. The van der Waals surface area contributed by atoms with Gasteiger partial charge in [0.1, 0.15) is 11.3 Å². The van der Waals surface area contributed by atoms with Crippen LogP contribution >= 0.6 is 0 Å². The van der Waals surface area contributed by atoms with E-state index in [-0.39, 0.29) is 0 Å². The van der Waals surface area contributed by atoms with E-state index < -0.39 is 0 Å². The average Bonchev–Trinajstić information content (AvgIpc) is 2.97. The van der Waals surface area contributed by atoms with E-state index in [1.807, 2.05) is 23.5 Å². The van der Waals surface area contributed by atoms with E-state index in [0.717, 1.165) is 44.4 Å². The molecule has 0 saturated carbocycles. The summed E-state index contributed by atoms with van der Waals surface area (Å²) >= 11 is 0. The first-order valence-electron chi connectivity index (χ1n) is 5.45. The number of aryl methyl sites for hydroxylation is 1. The summed E-state index contributed by atoms with van der Waals surface area (Å²) in [5.74, 6) is 0.923. The first kappa shape index (κ1) is 7.84. The fourth-order valence-corrected chi connectivity index (χ4v) is 2.85. The fraction of sp³-hybridized carbons (Fsp3) is 0.0769. The summed E-state index contributed by atoms with van der Waals surface area (Å²) < 4.78 is 18.9. The lowest BCUT2D eigenvalue weighted by molar-refractivity contribution is 0.576. The summed E-state index contributed by atoms with van der Waals surface area (Å²) in [5, 5.41) is 3.20. The number of fused-ring (bicyclic) bond motifs is 6. The quantitative estimate of drug-likeness (QED) is 0.401. The van der Waals surface area contributed by atoms with Gasteiger partial charge in [-0.3, -0.25) is 0 Å². The molecule has 0 atom stereocenters. The van der Waals surface area contributed by atoms with Gasteiger partial charge in [-0.05, 0) is 19.1 Å². The van der Waals surface area contributed by atoms with E-state index in [1.165, 1.54) is 0 Å². The molecule has 5 rings (SSSR count). The minimum Gasteiger partial charge on any atom is -0.458 e. The Morgan fingerprint density at radius 3 is 2.53 bits per heavy atom. The molecule has 0 amide bonds. The van der Waals surface area contributed by atoms with Crippen molar-refractivity contribution in [3.8, 4) is 0 Å². The number of nitrogens with zero attached hydrogens (tertiary/aromatic N) is 1. The fourth-order valence-electron chi connectivity index (χ4n) is 2.85. The van der Waals surface area contributed by atoms with Gasteiger partial charge in [0.15, 0.2) is 5.58 Å². The Bertz CT molecular complexity index is 992. The first-order chi connectivity index (χ1) is 8.36. The molecule has 0 fully saturated rings. The summed E-state index contributed by atoms with van der Waals surface area (Å²) in [6.45, 7) is 1.98. The summed E-state index contributed by atoms with van der Waals surface area (Å²) in [6, 6.07) is 3.89. The van der Waals surface area contributed by atoms with E-state index in [1.54, 1.807) is 12.5 Å². The lowest BCUT2D eigenvalue weighted by Gasteiger charge is -1.84. The monoisotopic (exact) mass is 225 g/mol. The van der Waals surface area contributed by atoms with Gasteiger partial charge in [-0.2, -0.15) is 0 Å². The molecule has 0 aliphatic rings. The molecule has 5 aromatic rings. The summed E-state index contributed by atoms with van der Waals surface area (Å²) in [5.41, 5.74) is 3.55. The molecule has 0 aliphatic carbocycles. The van der Waals surface area contributed by atoms with Crippen molar-refractivity contribution in [1.29, 1.82) is 0 Å². The van der Waals surface area contributed by atoms with E-state index in [0.29, 0.717) is 0 Å². The molecule has 4 nitrogen and oxygen atoms in total. The largest absolute Gasteiger partial charge is 0.458 e. The lowest BCUT2D eigenvalue weighted by atomic mass is 10.2. The molecule has 5 heterocycles. The maximum atomic E-state index is 5.85. The molecule has 0 N–H and O–H groups in total. The van der Waals surface area contributed by atoms with Crippen LogP contribution in [0.15, 0.2) is 37.9 Å². The SMILES string of the molecule is Cc1oc2c3ccoc3n3c4occc4c1c23. The van der Waals surface area contributed by atoms with Gasteiger partial charge in [0.25, 0.3) is 0 Å². The molecule has 0 saturated heterocycles. The Labute approximate surface area is 94.3 Å². The van der Waals surface area contributed by atoms with E-state index >= 15 is 0 Å². The maximum Gasteiger partial charge on any atom is 0.217 e. The van der Waals surface area contributed by atoms with Crippen molar-refractivity contribution in [3.63, 3.8) is 0 Å². The Hall–Kier alpha value is -2.36. The Morgan fingerprint density at radius 2 is 1.71 bits per heavy atom. The van der Waals surface area contributed by atoms with Crippen molar-refractivity contribution in [2.24, 2.45) is 0 Å². The molecule has 5 aromatic heterocycles. The average molecular weight is 225 g/mol. The third kappa shape index (κ3) is 0.642. The number of hydrogen-bond acceptors (Lipinski definition) is 3. The van der Waals surface area contributed by atoms with Gasteiger partial charge in [0, 0.05) is 0 Å². The molecular weight excluding hydrogens is 218 g/mol. The molecular formula is C13H7NO3. The van der Waals surface area contributed by atoms with Gasteiger partial charge in [-0.25, -0.2) is 4.40 Å². The molecule has 17 heavy (non-hydrogen) atoms. The standard InChI is InChI=1S/C13H7NO3/c1-6-9-7-2-4-15-12(7)14-10(9)11(17-6)8-3-5-16-13(8)14/h2-5H,1H3. The highest BCUT2D eigenvalue weighted by Crippen LogP contribution is 2.42. The number of furan rings is 3. The van der Waals surface area contributed by atoms with Crippen molar-refractivity contribution < 1.29 is 13.3 Å². The van der Waals surface area contributed by atoms with Gasteiger partial charge in [0.2, 0.25) is 11.4 Å². The second-order valence-electron chi connectivity index (χ2n) is 4.33. The summed E-state index contributed by atoms with van der Waals surface area (Å²) in [6.07, 6.45) is 3.37. The van der Waals surface area contributed by atoms with Gasteiger partial charge in [0.05, 0.1) is 28.7 Å². The minimum atomic E-state index is 0.786. The second-order valence-corrected chi connectivity index (χ2v) is 4.33. The smallest absolute Gasteiger partial charge is 0.217 e. The molecule has 0 aromatic carbocycles. The predicted octanol–water partition coefficient (Wildman–Crippen LogP) is 3.92. The molecule has 82 valence electrons. The normalized spacial score (nSPS) is 13.0. The van der Waals surface area contributed by atoms with Crippen molar-refractivity contribution in [1.82, 2.24) is 4.40 Å². The van der Waals surface area contributed by atoms with Crippen LogP contribution in [0.5, 0.6) is 0 Å². The maximum absolute atomic E-state index is 5.85. The Morgan fingerprint density at radius 1 is 1.00 bits per heavy atom. The number of rotatable bonds is 0. The van der Waals surface area contributed by atoms with Crippen LogP contribution in [-0.4, -0.2) is 4.40 Å². The van der Waals surface area contributed by atoms with Crippen molar-refractivity contribution in [2.45, 2.75) is 6.92 Å². The highest BCUT2D eigenvalue weighted by atomic mass is 16.4. The molecule has 0 bridgehead atoms. The zero-order chi connectivity index (χ0) is 11.1. The van der Waals surface area contributed by atoms with Crippen LogP contribution < -0.4 is 0 Å². The Kier molecular flexibility index (Phi) is 1.00. The van der Waals surface area contributed by atoms with Crippen LogP contribution in [0.1, 0.15) is 5.76 Å². The highest BCUT2D eigenvalue weighted by molar-refractivity contribution is 6.20. The van der Waals surface area contributed by atoms with Gasteiger partial charge in [-0.1, -0.05) is 0 Å². The van der Waals surface area contributed by atoms with Crippen LogP contribution in [0.3, 0.4) is 0 Å². The van der Waals surface area contributed by atoms with Crippen LogP contribution in [0.2, 0.25) is 0 Å². The van der Waals surface area contributed by atoms with E-state index in [4.69, 9.17) is 13.3 Å². The second kappa shape index (κ2) is 2.18. The molecule has 0 spiro atoms. The van der Waals surface area contributed by atoms with E-state index in [2.05, 4.69) is 0 Å². The van der Waals surface area contributed by atoms with Crippen molar-refractivity contribution in [2.75, 3.05) is 0 Å². The van der Waals surface area contributed by atoms with Crippen LogP contribution in [0.4, 0.5) is 0 Å². The van der Waals surface area contributed by atoms with Crippen LogP contribution in [0.25, 0.3) is 38.7 Å². The zero-order valence-electron chi connectivity index (χ0n) is 8.98. The zero-order valence-corrected chi connectivity index (χ0v) is 8.98. The van der Waals surface area contributed by atoms with Gasteiger partial charge in [-0.15, -0.1) is 0 Å². The predicted molar refractivity (Wildman–Crippen MR) is 62.6 cm³/mol. The third-order valence-corrected chi connectivity index (χ3v) is 3.49. The van der Waals surface area contributed by atoms with Crippen molar-refractivity contribution in [3.05, 3.63) is 30.4 Å². The Balaban J connectivity index is 2.39. The van der Waals surface area contributed by atoms with Crippen molar-refractivity contribution >= 4 is 38.7 Å². The summed E-state index contributed by atoms with van der Waals surface area (Å²) in [4.78, 5) is 0. The van der Waals surface area contributed by atoms with Crippen LogP contribution in [0, 0.1) is 6.92 Å². The highest BCUT2D eigenvalue weighted by Gasteiger charge is 2.25. The lowest BCUT2D eigenvalue weighted by Crippen LogP contribution is -1.74. The van der Waals surface area contributed by atoms with Gasteiger partial charge >= 0.3 is 0 Å².